The number of rotatable bonds is 2. The lowest BCUT2D eigenvalue weighted by molar-refractivity contribution is 0.796. The van der Waals surface area contributed by atoms with Crippen LogP contribution in [0.2, 0.25) is 5.02 Å². The zero-order chi connectivity index (χ0) is 10.8. The summed E-state index contributed by atoms with van der Waals surface area (Å²) in [6, 6.07) is 5.95. The Balaban J connectivity index is 2.41. The molecule has 78 valence electrons. The topological polar surface area (TPSA) is 27.0 Å². The summed E-state index contributed by atoms with van der Waals surface area (Å²) in [5, 5.41) is 9.52. The van der Waals surface area contributed by atoms with Crippen LogP contribution in [0.3, 0.4) is 0 Å². The van der Waals surface area contributed by atoms with E-state index in [-0.39, 0.29) is 0 Å². The van der Waals surface area contributed by atoms with Crippen molar-refractivity contribution in [2.24, 2.45) is 0 Å². The first-order valence-electron chi connectivity index (χ1n) is 5.24. The van der Waals surface area contributed by atoms with Crippen LogP contribution in [0.25, 0.3) is 0 Å². The third-order valence-corrected chi connectivity index (χ3v) is 3.24. The molecule has 0 saturated carbocycles. The zero-order valence-corrected chi connectivity index (χ0v) is 9.51. The van der Waals surface area contributed by atoms with Gasteiger partial charge in [0.15, 0.2) is 0 Å². The lowest BCUT2D eigenvalue weighted by Gasteiger charge is -2.18. The van der Waals surface area contributed by atoms with E-state index in [4.69, 9.17) is 16.9 Å². The molecule has 2 rings (SSSR count). The van der Waals surface area contributed by atoms with Gasteiger partial charge in [0.2, 0.25) is 0 Å². The summed E-state index contributed by atoms with van der Waals surface area (Å²) in [7, 11) is 0. The molecule has 2 nitrogen and oxygen atoms in total. The normalized spacial score (nSPS) is 13.8. The maximum atomic E-state index is 8.87. The second-order valence-electron chi connectivity index (χ2n) is 3.77. The minimum absolute atomic E-state index is 0.591. The second kappa shape index (κ2) is 4.12. The lowest BCUT2D eigenvalue weighted by Crippen LogP contribution is -2.20. The van der Waals surface area contributed by atoms with E-state index in [2.05, 4.69) is 17.9 Å². The first-order valence-corrected chi connectivity index (χ1v) is 5.62. The molecule has 0 spiro atoms. The summed E-state index contributed by atoms with van der Waals surface area (Å²) in [5.74, 6) is 0. The second-order valence-corrected chi connectivity index (χ2v) is 4.15. The first kappa shape index (κ1) is 10.3. The maximum absolute atomic E-state index is 8.87. The molecular weight excluding hydrogens is 208 g/mol. The number of hydrogen-bond acceptors (Lipinski definition) is 2. The SMILES string of the molecule is CCCN1CCc2c1ccc(C#N)c2Cl. The summed E-state index contributed by atoms with van der Waals surface area (Å²) in [6.07, 6.45) is 2.10. The van der Waals surface area contributed by atoms with Crippen molar-refractivity contribution in [1.29, 1.82) is 5.26 Å². The van der Waals surface area contributed by atoms with Crippen LogP contribution in [-0.4, -0.2) is 13.1 Å². The molecule has 0 unspecified atom stereocenters. The molecule has 0 fully saturated rings. The third-order valence-electron chi connectivity index (χ3n) is 2.80. The van der Waals surface area contributed by atoms with E-state index in [9.17, 15) is 0 Å². The molecule has 3 heteroatoms. The predicted molar refractivity (Wildman–Crippen MR) is 62.4 cm³/mol. The Bertz CT molecular complexity index is 420. The van der Waals surface area contributed by atoms with Crippen LogP contribution in [0.1, 0.15) is 24.5 Å². The number of hydrogen-bond donors (Lipinski definition) is 0. The predicted octanol–water partition coefficient (Wildman–Crippen LogP) is 2.98. The summed E-state index contributed by atoms with van der Waals surface area (Å²) in [5.41, 5.74) is 2.94. The van der Waals surface area contributed by atoms with Gasteiger partial charge in [-0.05, 0) is 30.5 Å². The highest BCUT2D eigenvalue weighted by molar-refractivity contribution is 6.33. The Morgan fingerprint density at radius 1 is 1.53 bits per heavy atom. The highest BCUT2D eigenvalue weighted by Crippen LogP contribution is 2.35. The molecule has 1 aromatic carbocycles. The molecule has 0 saturated heterocycles. The Labute approximate surface area is 95.1 Å². The number of halogens is 1. The average Bonchev–Trinajstić information content (AvgIpc) is 2.64. The molecule has 15 heavy (non-hydrogen) atoms. The Morgan fingerprint density at radius 2 is 2.33 bits per heavy atom. The van der Waals surface area contributed by atoms with Gasteiger partial charge >= 0.3 is 0 Å². The molecular formula is C12H13ClN2. The number of nitrogens with zero attached hydrogens (tertiary/aromatic N) is 2. The van der Waals surface area contributed by atoms with Gasteiger partial charge in [0.1, 0.15) is 6.07 Å². The number of anilines is 1. The van der Waals surface area contributed by atoms with Crippen LogP contribution < -0.4 is 4.90 Å². The molecule has 0 aliphatic carbocycles. The molecule has 0 amide bonds. The van der Waals surface area contributed by atoms with Gasteiger partial charge in [0, 0.05) is 18.8 Å². The third kappa shape index (κ3) is 1.68. The van der Waals surface area contributed by atoms with E-state index in [1.165, 1.54) is 5.69 Å². The van der Waals surface area contributed by atoms with Crippen LogP contribution in [-0.2, 0) is 6.42 Å². The van der Waals surface area contributed by atoms with Crippen molar-refractivity contribution in [3.8, 4) is 6.07 Å². The van der Waals surface area contributed by atoms with Crippen molar-refractivity contribution in [2.75, 3.05) is 18.0 Å². The van der Waals surface area contributed by atoms with Gasteiger partial charge in [-0.25, -0.2) is 0 Å². The number of fused-ring (bicyclic) bond motifs is 1. The minimum atomic E-state index is 0.591. The largest absolute Gasteiger partial charge is 0.371 e. The zero-order valence-electron chi connectivity index (χ0n) is 8.76. The van der Waals surface area contributed by atoms with Crippen LogP contribution in [0.4, 0.5) is 5.69 Å². The van der Waals surface area contributed by atoms with Gasteiger partial charge in [-0.3, -0.25) is 0 Å². The van der Waals surface area contributed by atoms with E-state index in [1.54, 1.807) is 0 Å². The fraction of sp³-hybridized carbons (Fsp3) is 0.417. The van der Waals surface area contributed by atoms with Crippen LogP contribution >= 0.6 is 11.6 Å². The molecule has 1 aliphatic heterocycles. The Morgan fingerprint density at radius 3 is 3.00 bits per heavy atom. The van der Waals surface area contributed by atoms with E-state index in [0.717, 1.165) is 31.5 Å². The molecule has 0 aromatic heterocycles. The quantitative estimate of drug-likeness (QED) is 0.766. The van der Waals surface area contributed by atoms with Crippen molar-refractivity contribution >= 4 is 17.3 Å². The molecule has 0 atom stereocenters. The summed E-state index contributed by atoms with van der Waals surface area (Å²) >= 11 is 6.17. The minimum Gasteiger partial charge on any atom is -0.371 e. The van der Waals surface area contributed by atoms with Crippen LogP contribution in [0.5, 0.6) is 0 Å². The van der Waals surface area contributed by atoms with Crippen molar-refractivity contribution in [1.82, 2.24) is 0 Å². The van der Waals surface area contributed by atoms with Gasteiger partial charge in [-0.2, -0.15) is 5.26 Å². The summed E-state index contributed by atoms with van der Waals surface area (Å²) in [4.78, 5) is 2.34. The highest BCUT2D eigenvalue weighted by atomic mass is 35.5. The lowest BCUT2D eigenvalue weighted by atomic mass is 10.1. The van der Waals surface area contributed by atoms with E-state index in [0.29, 0.717) is 10.6 Å². The highest BCUT2D eigenvalue weighted by Gasteiger charge is 2.22. The molecule has 0 bridgehead atoms. The summed E-state index contributed by atoms with van der Waals surface area (Å²) in [6.45, 7) is 4.26. The average molecular weight is 221 g/mol. The van der Waals surface area contributed by atoms with E-state index in [1.807, 2.05) is 12.1 Å². The summed E-state index contributed by atoms with van der Waals surface area (Å²) < 4.78 is 0. The maximum Gasteiger partial charge on any atom is 0.101 e. The van der Waals surface area contributed by atoms with Crippen molar-refractivity contribution in [3.63, 3.8) is 0 Å². The van der Waals surface area contributed by atoms with E-state index >= 15 is 0 Å². The van der Waals surface area contributed by atoms with E-state index < -0.39 is 0 Å². The van der Waals surface area contributed by atoms with Crippen LogP contribution in [0, 0.1) is 11.3 Å². The van der Waals surface area contributed by atoms with Gasteiger partial charge in [-0.1, -0.05) is 18.5 Å². The monoisotopic (exact) mass is 220 g/mol. The molecule has 0 N–H and O–H groups in total. The standard InChI is InChI=1S/C12H13ClN2/c1-2-6-15-7-5-10-11(15)4-3-9(8-14)12(10)13/h3-4H,2,5-7H2,1H3. The van der Waals surface area contributed by atoms with Crippen molar-refractivity contribution in [2.45, 2.75) is 19.8 Å². The fourth-order valence-corrected chi connectivity index (χ4v) is 2.40. The Kier molecular flexibility index (Phi) is 2.83. The Hall–Kier alpha value is -1.20. The van der Waals surface area contributed by atoms with Gasteiger partial charge in [-0.15, -0.1) is 0 Å². The molecule has 1 heterocycles. The van der Waals surface area contributed by atoms with Gasteiger partial charge in [0.05, 0.1) is 10.6 Å². The molecule has 1 aliphatic rings. The number of benzene rings is 1. The molecule has 1 aromatic rings. The first-order chi connectivity index (χ1) is 7.27. The van der Waals surface area contributed by atoms with Crippen LogP contribution in [0.15, 0.2) is 12.1 Å². The van der Waals surface area contributed by atoms with Crippen molar-refractivity contribution < 1.29 is 0 Å². The van der Waals surface area contributed by atoms with Gasteiger partial charge < -0.3 is 4.90 Å². The smallest absolute Gasteiger partial charge is 0.101 e. The fourth-order valence-electron chi connectivity index (χ4n) is 2.10. The number of nitriles is 1. The molecule has 0 radical (unpaired) electrons. The van der Waals surface area contributed by atoms with Crippen molar-refractivity contribution in [3.05, 3.63) is 28.3 Å². The van der Waals surface area contributed by atoms with Gasteiger partial charge in [0.25, 0.3) is 0 Å².